The first-order valence-electron chi connectivity index (χ1n) is 11.5. The predicted molar refractivity (Wildman–Crippen MR) is 126 cm³/mol. The van der Waals surface area contributed by atoms with E-state index in [1.165, 1.54) is 18.6 Å². The molecule has 1 N–H and O–H groups in total. The Morgan fingerprint density at radius 2 is 1.82 bits per heavy atom. The van der Waals surface area contributed by atoms with Crippen LogP contribution in [-0.2, 0) is 11.2 Å². The standard InChI is InChI=1S/C25H27FN6O/c1-17(18-9-11-19(26)12-10-18)27-23(33)14-13-22-29-30-25-24(31-15-5-2-6-16-31)28-20-7-3-4-8-21(20)32(22)25/h3-4,7-12,17H,2,5-6,13-16H2,1H3,(H,27,33)/t17-/m1/s1. The number of nitrogens with zero attached hydrogens (tertiary/aromatic N) is 5. The quantitative estimate of drug-likeness (QED) is 0.480. The van der Waals surface area contributed by atoms with E-state index in [2.05, 4.69) is 20.4 Å². The summed E-state index contributed by atoms with van der Waals surface area (Å²) < 4.78 is 15.2. The third kappa shape index (κ3) is 4.37. The van der Waals surface area contributed by atoms with E-state index < -0.39 is 0 Å². The summed E-state index contributed by atoms with van der Waals surface area (Å²) in [5.41, 5.74) is 3.43. The molecular formula is C25H27FN6O. The van der Waals surface area contributed by atoms with Crippen molar-refractivity contribution in [3.8, 4) is 0 Å². The number of hydrogen-bond donors (Lipinski definition) is 1. The molecule has 0 aliphatic carbocycles. The van der Waals surface area contributed by atoms with E-state index in [0.717, 1.165) is 59.8 Å². The first-order chi connectivity index (χ1) is 16.1. The predicted octanol–water partition coefficient (Wildman–Crippen LogP) is 4.22. The number of rotatable bonds is 6. The lowest BCUT2D eigenvalue weighted by atomic mass is 10.1. The number of hydrogen-bond acceptors (Lipinski definition) is 5. The van der Waals surface area contributed by atoms with E-state index in [1.807, 2.05) is 35.6 Å². The molecule has 1 aliphatic rings. The molecule has 0 saturated carbocycles. The summed E-state index contributed by atoms with van der Waals surface area (Å²) in [5.74, 6) is 1.23. The number of halogens is 1. The highest BCUT2D eigenvalue weighted by molar-refractivity contribution is 5.83. The number of aryl methyl sites for hydroxylation is 1. The molecule has 1 aliphatic heterocycles. The van der Waals surface area contributed by atoms with Crippen LogP contribution in [0.2, 0.25) is 0 Å². The van der Waals surface area contributed by atoms with Crippen LogP contribution in [0.15, 0.2) is 48.5 Å². The van der Waals surface area contributed by atoms with Crippen LogP contribution < -0.4 is 10.2 Å². The fraction of sp³-hybridized carbons (Fsp3) is 0.360. The van der Waals surface area contributed by atoms with Crippen LogP contribution in [0, 0.1) is 5.82 Å². The normalized spacial score (nSPS) is 15.2. The fourth-order valence-electron chi connectivity index (χ4n) is 4.48. The molecule has 5 rings (SSSR count). The maximum absolute atomic E-state index is 13.2. The molecular weight excluding hydrogens is 419 g/mol. The molecule has 3 heterocycles. The lowest BCUT2D eigenvalue weighted by molar-refractivity contribution is -0.121. The van der Waals surface area contributed by atoms with Crippen molar-refractivity contribution in [2.45, 2.75) is 45.1 Å². The summed E-state index contributed by atoms with van der Waals surface area (Å²) in [7, 11) is 0. The zero-order chi connectivity index (χ0) is 22.8. The second kappa shape index (κ2) is 9.13. The number of carbonyl (C=O) groups excluding carboxylic acids is 1. The van der Waals surface area contributed by atoms with Crippen molar-refractivity contribution in [3.63, 3.8) is 0 Å². The van der Waals surface area contributed by atoms with Crippen LogP contribution in [0.4, 0.5) is 10.2 Å². The lowest BCUT2D eigenvalue weighted by Crippen LogP contribution is -2.30. The van der Waals surface area contributed by atoms with E-state index in [4.69, 9.17) is 4.98 Å². The zero-order valence-electron chi connectivity index (χ0n) is 18.7. The number of fused-ring (bicyclic) bond motifs is 3. The molecule has 0 bridgehead atoms. The number of para-hydroxylation sites is 2. The van der Waals surface area contributed by atoms with Crippen LogP contribution in [-0.4, -0.2) is 38.6 Å². The molecule has 4 aromatic rings. The Morgan fingerprint density at radius 3 is 2.61 bits per heavy atom. The topological polar surface area (TPSA) is 75.4 Å². The van der Waals surface area contributed by atoms with Gasteiger partial charge in [-0.1, -0.05) is 24.3 Å². The molecule has 1 amide bonds. The monoisotopic (exact) mass is 446 g/mol. The minimum Gasteiger partial charge on any atom is -0.353 e. The van der Waals surface area contributed by atoms with Crippen molar-refractivity contribution in [3.05, 3.63) is 65.7 Å². The molecule has 0 spiro atoms. The highest BCUT2D eigenvalue weighted by Crippen LogP contribution is 2.27. The van der Waals surface area contributed by atoms with Gasteiger partial charge in [0.2, 0.25) is 11.6 Å². The van der Waals surface area contributed by atoms with Gasteiger partial charge in [-0.2, -0.15) is 0 Å². The molecule has 170 valence electrons. The molecule has 2 aromatic carbocycles. The Kier molecular flexibility index (Phi) is 5.90. The third-order valence-corrected chi connectivity index (χ3v) is 6.26. The van der Waals surface area contributed by atoms with Crippen LogP contribution in [0.3, 0.4) is 0 Å². The van der Waals surface area contributed by atoms with Gasteiger partial charge in [-0.15, -0.1) is 10.2 Å². The molecule has 8 heteroatoms. The lowest BCUT2D eigenvalue weighted by Gasteiger charge is -2.28. The van der Waals surface area contributed by atoms with E-state index >= 15 is 0 Å². The average Bonchev–Trinajstić information content (AvgIpc) is 3.27. The number of piperidine rings is 1. The van der Waals surface area contributed by atoms with Crippen LogP contribution in [0.1, 0.15) is 50.0 Å². The van der Waals surface area contributed by atoms with E-state index in [1.54, 1.807) is 12.1 Å². The molecule has 0 unspecified atom stereocenters. The van der Waals surface area contributed by atoms with Gasteiger partial charge in [-0.3, -0.25) is 9.20 Å². The number of amides is 1. The summed E-state index contributed by atoms with van der Waals surface area (Å²) >= 11 is 0. The van der Waals surface area contributed by atoms with Crippen molar-refractivity contribution in [2.75, 3.05) is 18.0 Å². The highest BCUT2D eigenvalue weighted by atomic mass is 19.1. The Balaban J connectivity index is 1.38. The molecule has 1 saturated heterocycles. The Bertz CT molecular complexity index is 1280. The van der Waals surface area contributed by atoms with Gasteiger partial charge in [-0.05, 0) is 56.0 Å². The number of anilines is 1. The third-order valence-electron chi connectivity index (χ3n) is 6.26. The summed E-state index contributed by atoms with van der Waals surface area (Å²) in [4.78, 5) is 19.8. The number of carbonyl (C=O) groups is 1. The van der Waals surface area contributed by atoms with Gasteiger partial charge in [0, 0.05) is 25.9 Å². The Labute approximate surface area is 191 Å². The Morgan fingerprint density at radius 1 is 1.06 bits per heavy atom. The van der Waals surface area contributed by atoms with Gasteiger partial charge in [-0.25, -0.2) is 9.37 Å². The average molecular weight is 447 g/mol. The van der Waals surface area contributed by atoms with Crippen LogP contribution >= 0.6 is 0 Å². The summed E-state index contributed by atoms with van der Waals surface area (Å²) in [6.45, 7) is 3.82. The molecule has 1 fully saturated rings. The minimum atomic E-state index is -0.290. The van der Waals surface area contributed by atoms with Crippen molar-refractivity contribution >= 4 is 28.4 Å². The van der Waals surface area contributed by atoms with Gasteiger partial charge in [0.25, 0.3) is 0 Å². The molecule has 7 nitrogen and oxygen atoms in total. The van der Waals surface area contributed by atoms with Gasteiger partial charge in [0.1, 0.15) is 11.6 Å². The largest absolute Gasteiger partial charge is 0.353 e. The van der Waals surface area contributed by atoms with E-state index in [-0.39, 0.29) is 24.2 Å². The fourth-order valence-corrected chi connectivity index (χ4v) is 4.48. The van der Waals surface area contributed by atoms with Gasteiger partial charge in [0.05, 0.1) is 17.1 Å². The highest BCUT2D eigenvalue weighted by Gasteiger charge is 2.21. The van der Waals surface area contributed by atoms with Crippen molar-refractivity contribution < 1.29 is 9.18 Å². The molecule has 33 heavy (non-hydrogen) atoms. The van der Waals surface area contributed by atoms with Gasteiger partial charge in [0.15, 0.2) is 5.82 Å². The number of nitrogens with one attached hydrogen (secondary N) is 1. The SMILES string of the molecule is C[C@@H](NC(=O)CCc1nnc2c(N3CCCCC3)nc3ccccc3n12)c1ccc(F)cc1. The number of benzene rings is 2. The van der Waals surface area contributed by atoms with Crippen LogP contribution in [0.25, 0.3) is 16.7 Å². The Hall–Kier alpha value is -3.55. The van der Waals surface area contributed by atoms with E-state index in [0.29, 0.717) is 6.42 Å². The van der Waals surface area contributed by atoms with Crippen molar-refractivity contribution in [1.29, 1.82) is 0 Å². The second-order valence-corrected chi connectivity index (χ2v) is 8.59. The van der Waals surface area contributed by atoms with E-state index in [9.17, 15) is 9.18 Å². The summed E-state index contributed by atoms with van der Waals surface area (Å²) in [6, 6.07) is 14.0. The molecule has 0 radical (unpaired) electrons. The first-order valence-corrected chi connectivity index (χ1v) is 11.5. The van der Waals surface area contributed by atoms with Gasteiger partial charge < -0.3 is 10.2 Å². The smallest absolute Gasteiger partial charge is 0.220 e. The number of aromatic nitrogens is 4. The second-order valence-electron chi connectivity index (χ2n) is 8.59. The summed E-state index contributed by atoms with van der Waals surface area (Å²) in [5, 5.41) is 11.9. The van der Waals surface area contributed by atoms with Crippen LogP contribution in [0.5, 0.6) is 0 Å². The zero-order valence-corrected chi connectivity index (χ0v) is 18.7. The van der Waals surface area contributed by atoms with Crippen molar-refractivity contribution in [2.24, 2.45) is 0 Å². The minimum absolute atomic E-state index is 0.0850. The maximum atomic E-state index is 13.2. The van der Waals surface area contributed by atoms with Gasteiger partial charge >= 0.3 is 0 Å². The summed E-state index contributed by atoms with van der Waals surface area (Å²) in [6.07, 6.45) is 4.27. The molecule has 2 aromatic heterocycles. The van der Waals surface area contributed by atoms with Crippen molar-refractivity contribution in [1.82, 2.24) is 24.9 Å². The molecule has 1 atom stereocenters. The first kappa shape index (κ1) is 21.3. The maximum Gasteiger partial charge on any atom is 0.220 e.